The van der Waals surface area contributed by atoms with E-state index >= 15 is 0 Å². The number of carbonyl (C=O) groups is 2. The number of urea groups is 1. The molecule has 0 aliphatic heterocycles. The van der Waals surface area contributed by atoms with Crippen LogP contribution in [0.1, 0.15) is 48.0 Å². The minimum absolute atomic E-state index is 0.0727. The van der Waals surface area contributed by atoms with E-state index in [9.17, 15) is 9.59 Å². The predicted octanol–water partition coefficient (Wildman–Crippen LogP) is 4.61. The predicted molar refractivity (Wildman–Crippen MR) is 100 cm³/mol. The number of aromatic nitrogens is 1. The molecule has 3 amide bonds. The first-order valence-electron chi connectivity index (χ1n) is 7.95. The van der Waals surface area contributed by atoms with Crippen LogP contribution in [-0.4, -0.2) is 16.9 Å². The molecule has 1 aromatic carbocycles. The highest BCUT2D eigenvalue weighted by atomic mass is 35.5. The molecule has 0 bridgehead atoms. The van der Waals surface area contributed by atoms with E-state index in [0.29, 0.717) is 5.69 Å². The van der Waals surface area contributed by atoms with Gasteiger partial charge in [-0.05, 0) is 42.5 Å². The number of imide groups is 1. The van der Waals surface area contributed by atoms with E-state index < -0.39 is 11.9 Å². The van der Waals surface area contributed by atoms with Crippen molar-refractivity contribution < 1.29 is 9.59 Å². The van der Waals surface area contributed by atoms with Gasteiger partial charge >= 0.3 is 6.03 Å². The van der Waals surface area contributed by atoms with Crippen LogP contribution in [0, 0.1) is 13.8 Å². The van der Waals surface area contributed by atoms with E-state index in [0.717, 1.165) is 16.8 Å². The molecule has 0 saturated heterocycles. The molecule has 0 unspecified atom stereocenters. The smallest absolute Gasteiger partial charge is 0.307 e. The fourth-order valence-corrected chi connectivity index (χ4v) is 2.67. The highest BCUT2D eigenvalue weighted by Gasteiger charge is 2.20. The number of rotatable bonds is 2. The van der Waals surface area contributed by atoms with E-state index in [2.05, 4.69) is 36.4 Å². The van der Waals surface area contributed by atoms with Gasteiger partial charge in [0.1, 0.15) is 5.15 Å². The normalized spacial score (nSPS) is 11.1. The molecule has 0 radical (unpaired) electrons. The monoisotopic (exact) mass is 359 g/mol. The molecule has 2 aromatic rings. The summed E-state index contributed by atoms with van der Waals surface area (Å²) >= 11 is 6.02. The Morgan fingerprint density at radius 2 is 1.76 bits per heavy atom. The van der Waals surface area contributed by atoms with Gasteiger partial charge < -0.3 is 5.32 Å². The van der Waals surface area contributed by atoms with E-state index in [4.69, 9.17) is 11.6 Å². The Hall–Kier alpha value is -2.40. The molecule has 0 aliphatic carbocycles. The fourth-order valence-electron chi connectivity index (χ4n) is 2.41. The second-order valence-corrected chi connectivity index (χ2v) is 7.29. The van der Waals surface area contributed by atoms with Gasteiger partial charge in [-0.2, -0.15) is 0 Å². The number of benzene rings is 1. The molecule has 0 aliphatic rings. The Balaban J connectivity index is 2.17. The summed E-state index contributed by atoms with van der Waals surface area (Å²) in [5.41, 5.74) is 3.23. The molecule has 2 N–H and O–H groups in total. The topological polar surface area (TPSA) is 71.1 Å². The molecule has 6 heteroatoms. The molecule has 0 fully saturated rings. The summed E-state index contributed by atoms with van der Waals surface area (Å²) in [6.07, 6.45) is 0. The summed E-state index contributed by atoms with van der Waals surface area (Å²) in [5, 5.41) is 5.10. The van der Waals surface area contributed by atoms with Gasteiger partial charge in [0.2, 0.25) is 0 Å². The van der Waals surface area contributed by atoms with E-state index in [1.165, 1.54) is 0 Å². The third-order valence-corrected chi connectivity index (χ3v) is 4.16. The van der Waals surface area contributed by atoms with Crippen molar-refractivity contribution in [2.75, 3.05) is 5.32 Å². The quantitative estimate of drug-likeness (QED) is 0.769. The Morgan fingerprint density at radius 1 is 1.12 bits per heavy atom. The number of aryl methyl sites for hydroxylation is 2. The Kier molecular flexibility index (Phi) is 5.48. The lowest BCUT2D eigenvalue weighted by Gasteiger charge is -2.23. The second kappa shape index (κ2) is 7.23. The van der Waals surface area contributed by atoms with Crippen LogP contribution in [0.4, 0.5) is 10.5 Å². The Bertz CT molecular complexity index is 826. The number of anilines is 1. The minimum atomic E-state index is -0.615. The van der Waals surface area contributed by atoms with Crippen molar-refractivity contribution >= 4 is 29.2 Å². The molecule has 0 spiro atoms. The Morgan fingerprint density at radius 3 is 2.40 bits per heavy atom. The zero-order chi connectivity index (χ0) is 18.8. The highest BCUT2D eigenvalue weighted by molar-refractivity contribution is 6.33. The molecule has 0 saturated carbocycles. The van der Waals surface area contributed by atoms with E-state index in [1.807, 2.05) is 25.1 Å². The van der Waals surface area contributed by atoms with Gasteiger partial charge in [-0.15, -0.1) is 0 Å². The van der Waals surface area contributed by atoms with Crippen molar-refractivity contribution in [3.63, 3.8) is 0 Å². The maximum Gasteiger partial charge on any atom is 0.326 e. The van der Waals surface area contributed by atoms with Crippen molar-refractivity contribution in [3.8, 4) is 0 Å². The molecule has 132 valence electrons. The number of nitrogens with zero attached hydrogens (tertiary/aromatic N) is 1. The van der Waals surface area contributed by atoms with Crippen molar-refractivity contribution in [1.82, 2.24) is 10.3 Å². The summed E-state index contributed by atoms with van der Waals surface area (Å²) in [7, 11) is 0. The largest absolute Gasteiger partial charge is 0.326 e. The average molecular weight is 360 g/mol. The first-order chi connectivity index (χ1) is 11.6. The number of amides is 3. The van der Waals surface area contributed by atoms with Crippen LogP contribution in [0.15, 0.2) is 30.3 Å². The van der Waals surface area contributed by atoms with Gasteiger partial charge in [-0.1, -0.05) is 50.6 Å². The molecule has 0 atom stereocenters. The van der Waals surface area contributed by atoms with Crippen LogP contribution in [0.3, 0.4) is 0 Å². The van der Waals surface area contributed by atoms with Crippen molar-refractivity contribution in [3.05, 3.63) is 57.9 Å². The summed E-state index contributed by atoms with van der Waals surface area (Å²) in [6.45, 7) is 9.79. The summed E-state index contributed by atoms with van der Waals surface area (Å²) in [6, 6.07) is 8.50. The molecule has 25 heavy (non-hydrogen) atoms. The van der Waals surface area contributed by atoms with Crippen molar-refractivity contribution in [2.24, 2.45) is 0 Å². The fraction of sp³-hybridized carbons (Fsp3) is 0.316. The van der Waals surface area contributed by atoms with Gasteiger partial charge in [-0.25, -0.2) is 9.78 Å². The number of carbonyl (C=O) groups excluding carboxylic acids is 2. The minimum Gasteiger partial charge on any atom is -0.307 e. The highest BCUT2D eigenvalue weighted by Crippen LogP contribution is 2.29. The van der Waals surface area contributed by atoms with Crippen LogP contribution in [0.2, 0.25) is 5.15 Å². The van der Waals surface area contributed by atoms with E-state index in [-0.39, 0.29) is 16.1 Å². The zero-order valence-electron chi connectivity index (χ0n) is 15.0. The lowest BCUT2D eigenvalue weighted by atomic mass is 9.86. The van der Waals surface area contributed by atoms with Crippen LogP contribution < -0.4 is 10.6 Å². The number of para-hydroxylation sites is 1. The standard InChI is InChI=1S/C19H22ClN3O2/c1-11-10-13(16(20)21-12(11)2)17(24)23-18(25)22-15-9-7-6-8-14(15)19(3,4)5/h6-10H,1-5H3,(H2,22,23,24,25). The summed E-state index contributed by atoms with van der Waals surface area (Å²) in [4.78, 5) is 28.7. The number of hydrogen-bond donors (Lipinski definition) is 2. The lowest BCUT2D eigenvalue weighted by Crippen LogP contribution is -2.35. The molecular weight excluding hydrogens is 338 g/mol. The molecule has 5 nitrogen and oxygen atoms in total. The number of hydrogen-bond acceptors (Lipinski definition) is 3. The van der Waals surface area contributed by atoms with Gasteiger partial charge in [-0.3, -0.25) is 10.1 Å². The van der Waals surface area contributed by atoms with Gasteiger partial charge in [0.05, 0.1) is 5.56 Å². The number of pyridine rings is 1. The van der Waals surface area contributed by atoms with Gasteiger partial charge in [0.25, 0.3) is 5.91 Å². The first-order valence-corrected chi connectivity index (χ1v) is 8.33. The first kappa shape index (κ1) is 18.9. The summed E-state index contributed by atoms with van der Waals surface area (Å²) < 4.78 is 0. The lowest BCUT2D eigenvalue weighted by molar-refractivity contribution is 0.0967. The Labute approximate surface area is 152 Å². The molecule has 2 rings (SSSR count). The average Bonchev–Trinajstić information content (AvgIpc) is 2.50. The van der Waals surface area contributed by atoms with Crippen molar-refractivity contribution in [2.45, 2.75) is 40.0 Å². The van der Waals surface area contributed by atoms with Gasteiger partial charge in [0, 0.05) is 11.4 Å². The number of nitrogens with one attached hydrogen (secondary N) is 2. The third-order valence-electron chi connectivity index (χ3n) is 3.87. The number of halogens is 1. The van der Waals surface area contributed by atoms with Crippen LogP contribution in [0.25, 0.3) is 0 Å². The molecule has 1 aromatic heterocycles. The van der Waals surface area contributed by atoms with Crippen LogP contribution in [-0.2, 0) is 5.41 Å². The van der Waals surface area contributed by atoms with Gasteiger partial charge in [0.15, 0.2) is 0 Å². The SMILES string of the molecule is Cc1cc(C(=O)NC(=O)Nc2ccccc2C(C)(C)C)c(Cl)nc1C. The maximum absolute atomic E-state index is 12.3. The van der Waals surface area contributed by atoms with E-state index in [1.54, 1.807) is 19.1 Å². The summed E-state index contributed by atoms with van der Waals surface area (Å²) in [5.74, 6) is -0.591. The van der Waals surface area contributed by atoms with Crippen LogP contribution >= 0.6 is 11.6 Å². The van der Waals surface area contributed by atoms with Crippen LogP contribution in [0.5, 0.6) is 0 Å². The maximum atomic E-state index is 12.3. The second-order valence-electron chi connectivity index (χ2n) is 6.93. The molecular formula is C19H22ClN3O2. The molecule has 1 heterocycles. The van der Waals surface area contributed by atoms with Crippen molar-refractivity contribution in [1.29, 1.82) is 0 Å². The third kappa shape index (κ3) is 4.57. The zero-order valence-corrected chi connectivity index (χ0v) is 15.8.